The van der Waals surface area contributed by atoms with Crippen LogP contribution in [0.25, 0.3) is 0 Å². The van der Waals surface area contributed by atoms with Crippen molar-refractivity contribution < 1.29 is 14.3 Å². The van der Waals surface area contributed by atoms with Crippen LogP contribution in [0.3, 0.4) is 0 Å². The van der Waals surface area contributed by atoms with Gasteiger partial charge in [0, 0.05) is 12.1 Å². The van der Waals surface area contributed by atoms with Crippen LogP contribution in [0, 0.1) is 11.3 Å². The molecule has 0 atom stereocenters. The van der Waals surface area contributed by atoms with Crippen molar-refractivity contribution in [3.63, 3.8) is 0 Å². The number of carbonyl (C=O) groups is 1. The van der Waals surface area contributed by atoms with E-state index in [1.165, 1.54) is 0 Å². The molecule has 0 unspecified atom stereocenters. The molecule has 0 saturated carbocycles. The van der Waals surface area contributed by atoms with Crippen molar-refractivity contribution in [2.45, 2.75) is 13.3 Å². The van der Waals surface area contributed by atoms with Gasteiger partial charge in [0.25, 0.3) is 5.91 Å². The third-order valence-electron chi connectivity index (χ3n) is 3.38. The number of nitriles is 1. The first-order valence-electron chi connectivity index (χ1n) is 7.70. The highest BCUT2D eigenvalue weighted by atomic mass is 16.5. The number of rotatable bonds is 7. The number of nitrogens with one attached hydrogen (secondary N) is 1. The van der Waals surface area contributed by atoms with Crippen molar-refractivity contribution in [1.82, 2.24) is 5.43 Å². The Morgan fingerprint density at radius 2 is 1.84 bits per heavy atom. The molecule has 0 aromatic heterocycles. The molecular weight excluding hydrogens is 318 g/mol. The van der Waals surface area contributed by atoms with Crippen molar-refractivity contribution in [3.8, 4) is 17.6 Å². The van der Waals surface area contributed by atoms with E-state index in [0.717, 1.165) is 17.0 Å². The first-order chi connectivity index (χ1) is 12.1. The van der Waals surface area contributed by atoms with Crippen LogP contribution in [0.1, 0.15) is 18.1 Å². The van der Waals surface area contributed by atoms with Gasteiger partial charge in [0.2, 0.25) is 0 Å². The highest BCUT2D eigenvalue weighted by Crippen LogP contribution is 2.18. The average molecular weight is 337 g/mol. The third kappa shape index (κ3) is 5.36. The summed E-state index contributed by atoms with van der Waals surface area (Å²) in [6, 6.07) is 16.4. The Bertz CT molecular complexity index is 810. The lowest BCUT2D eigenvalue weighted by Crippen LogP contribution is -2.26. The molecule has 0 spiro atoms. The summed E-state index contributed by atoms with van der Waals surface area (Å²) in [5.74, 6) is 0.752. The number of hydrazone groups is 1. The molecule has 0 radical (unpaired) electrons. The van der Waals surface area contributed by atoms with Gasteiger partial charge in [-0.1, -0.05) is 30.3 Å². The Hall–Kier alpha value is -3.33. The van der Waals surface area contributed by atoms with Crippen molar-refractivity contribution in [2.24, 2.45) is 5.10 Å². The van der Waals surface area contributed by atoms with Crippen molar-refractivity contribution in [1.29, 1.82) is 5.26 Å². The van der Waals surface area contributed by atoms with Gasteiger partial charge in [-0.05, 0) is 30.7 Å². The SMILES string of the molecule is COc1ccccc1C/C(C)=N\NC(=O)COc1ccccc1C#N. The monoisotopic (exact) mass is 337 g/mol. The lowest BCUT2D eigenvalue weighted by atomic mass is 10.1. The maximum absolute atomic E-state index is 11.8. The largest absolute Gasteiger partial charge is 0.496 e. The highest BCUT2D eigenvalue weighted by Gasteiger charge is 2.07. The molecule has 6 nitrogen and oxygen atoms in total. The molecule has 2 aromatic carbocycles. The smallest absolute Gasteiger partial charge is 0.277 e. The van der Waals surface area contributed by atoms with Crippen LogP contribution < -0.4 is 14.9 Å². The molecule has 0 aliphatic rings. The molecule has 0 saturated heterocycles. The predicted octanol–water partition coefficient (Wildman–Crippen LogP) is 2.68. The van der Waals surface area contributed by atoms with E-state index in [0.29, 0.717) is 17.7 Å². The fraction of sp³-hybridized carbons (Fsp3) is 0.211. The van der Waals surface area contributed by atoms with Crippen molar-refractivity contribution in [2.75, 3.05) is 13.7 Å². The molecule has 1 amide bonds. The molecule has 0 aliphatic carbocycles. The van der Waals surface area contributed by atoms with Gasteiger partial charge >= 0.3 is 0 Å². The molecule has 6 heteroatoms. The molecular formula is C19H19N3O3. The molecule has 0 bridgehead atoms. The lowest BCUT2D eigenvalue weighted by Gasteiger charge is -2.08. The summed E-state index contributed by atoms with van der Waals surface area (Å²) in [6.45, 7) is 1.60. The maximum Gasteiger partial charge on any atom is 0.277 e. The number of nitrogens with zero attached hydrogens (tertiary/aromatic N) is 2. The van der Waals surface area contributed by atoms with Gasteiger partial charge in [0.1, 0.15) is 17.6 Å². The van der Waals surface area contributed by atoms with Crippen molar-refractivity contribution >= 4 is 11.6 Å². The van der Waals surface area contributed by atoms with Crippen LogP contribution in [0.2, 0.25) is 0 Å². The maximum atomic E-state index is 11.8. The Kier molecular flexibility index (Phi) is 6.55. The molecule has 25 heavy (non-hydrogen) atoms. The van der Waals surface area contributed by atoms with Crippen LogP contribution >= 0.6 is 0 Å². The van der Waals surface area contributed by atoms with E-state index in [1.54, 1.807) is 31.4 Å². The van der Waals surface area contributed by atoms with Gasteiger partial charge < -0.3 is 9.47 Å². The predicted molar refractivity (Wildman–Crippen MR) is 94.6 cm³/mol. The van der Waals surface area contributed by atoms with Crippen LogP contribution in [-0.4, -0.2) is 25.3 Å². The molecule has 2 aromatic rings. The number of hydrogen-bond donors (Lipinski definition) is 1. The second kappa shape index (κ2) is 9.08. The van der Waals surface area contributed by atoms with E-state index < -0.39 is 5.91 Å². The fourth-order valence-electron chi connectivity index (χ4n) is 2.18. The fourth-order valence-corrected chi connectivity index (χ4v) is 2.18. The molecule has 128 valence electrons. The van der Waals surface area contributed by atoms with E-state index >= 15 is 0 Å². The number of amides is 1. The first kappa shape index (κ1) is 18.0. The molecule has 0 aliphatic heterocycles. The standard InChI is InChI=1S/C19H19N3O3/c1-14(11-15-7-3-5-9-17(15)24-2)21-22-19(23)13-25-18-10-6-4-8-16(18)12-20/h3-10H,11,13H2,1-2H3,(H,22,23)/b21-14-. The minimum Gasteiger partial charge on any atom is -0.496 e. The summed E-state index contributed by atoms with van der Waals surface area (Å²) in [5, 5.41) is 13.0. The van der Waals surface area contributed by atoms with Crippen LogP contribution in [0.4, 0.5) is 0 Å². The summed E-state index contributed by atoms with van der Waals surface area (Å²) in [5.41, 5.74) is 4.55. The zero-order valence-corrected chi connectivity index (χ0v) is 14.2. The van der Waals surface area contributed by atoms with E-state index in [-0.39, 0.29) is 6.61 Å². The second-order valence-corrected chi connectivity index (χ2v) is 5.27. The Morgan fingerprint density at radius 3 is 2.56 bits per heavy atom. The number of carbonyl (C=O) groups excluding carboxylic acids is 1. The van der Waals surface area contributed by atoms with Crippen LogP contribution in [-0.2, 0) is 11.2 Å². The molecule has 2 rings (SSSR count). The van der Waals surface area contributed by atoms with E-state index in [2.05, 4.69) is 10.5 Å². The molecule has 0 fully saturated rings. The van der Waals surface area contributed by atoms with E-state index in [9.17, 15) is 4.79 Å². The van der Waals surface area contributed by atoms with Gasteiger partial charge in [-0.25, -0.2) is 5.43 Å². The van der Waals surface area contributed by atoms with Crippen LogP contribution in [0.15, 0.2) is 53.6 Å². The summed E-state index contributed by atoms with van der Waals surface area (Å²) >= 11 is 0. The lowest BCUT2D eigenvalue weighted by molar-refractivity contribution is -0.123. The Morgan fingerprint density at radius 1 is 1.16 bits per heavy atom. The van der Waals surface area contributed by atoms with Gasteiger partial charge in [0.05, 0.1) is 12.7 Å². The van der Waals surface area contributed by atoms with Gasteiger partial charge in [-0.3, -0.25) is 4.79 Å². The minimum absolute atomic E-state index is 0.218. The molecule has 0 heterocycles. The summed E-state index contributed by atoms with van der Waals surface area (Å²) in [6.07, 6.45) is 0.558. The zero-order chi connectivity index (χ0) is 18.1. The normalized spacial score (nSPS) is 10.7. The highest BCUT2D eigenvalue weighted by molar-refractivity contribution is 5.86. The minimum atomic E-state index is -0.396. The number of hydrogen-bond acceptors (Lipinski definition) is 5. The number of para-hydroxylation sites is 2. The quantitative estimate of drug-likeness (QED) is 0.622. The van der Waals surface area contributed by atoms with Crippen molar-refractivity contribution in [3.05, 3.63) is 59.7 Å². The molecule has 1 N–H and O–H groups in total. The van der Waals surface area contributed by atoms with Crippen LogP contribution in [0.5, 0.6) is 11.5 Å². The third-order valence-corrected chi connectivity index (χ3v) is 3.38. The van der Waals surface area contributed by atoms with Gasteiger partial charge in [0.15, 0.2) is 6.61 Å². The summed E-state index contributed by atoms with van der Waals surface area (Å²) in [4.78, 5) is 11.8. The number of benzene rings is 2. The topological polar surface area (TPSA) is 83.7 Å². The second-order valence-electron chi connectivity index (χ2n) is 5.27. The zero-order valence-electron chi connectivity index (χ0n) is 14.2. The Labute approximate surface area is 146 Å². The number of ether oxygens (including phenoxy) is 2. The van der Waals surface area contributed by atoms with Gasteiger partial charge in [-0.15, -0.1) is 0 Å². The Balaban J connectivity index is 1.88. The summed E-state index contributed by atoms with van der Waals surface area (Å²) < 4.78 is 10.6. The average Bonchev–Trinajstić information content (AvgIpc) is 2.65. The van der Waals surface area contributed by atoms with Gasteiger partial charge in [-0.2, -0.15) is 10.4 Å². The number of methoxy groups -OCH3 is 1. The first-order valence-corrected chi connectivity index (χ1v) is 7.70. The van der Waals surface area contributed by atoms with E-state index in [4.69, 9.17) is 14.7 Å². The summed E-state index contributed by atoms with van der Waals surface area (Å²) in [7, 11) is 1.61. The van der Waals surface area contributed by atoms with E-state index in [1.807, 2.05) is 37.3 Å².